The normalized spacial score (nSPS) is 12.2. The number of nitrogens with one attached hydrogen (secondary N) is 4. The smallest absolute Gasteiger partial charge is 0.258 e. The van der Waals surface area contributed by atoms with E-state index in [9.17, 15) is 28.8 Å². The van der Waals surface area contributed by atoms with Gasteiger partial charge in [0.1, 0.15) is 0 Å². The fourth-order valence-corrected chi connectivity index (χ4v) is 7.79. The van der Waals surface area contributed by atoms with Crippen LogP contribution < -0.4 is 21.3 Å². The van der Waals surface area contributed by atoms with E-state index in [-0.39, 0.29) is 85.4 Å². The van der Waals surface area contributed by atoms with Crippen LogP contribution in [-0.4, -0.2) is 47.3 Å². The van der Waals surface area contributed by atoms with Crippen molar-refractivity contribution in [3.05, 3.63) is 135 Å². The first kappa shape index (κ1) is 49.8. The van der Waals surface area contributed by atoms with E-state index >= 15 is 0 Å². The van der Waals surface area contributed by atoms with Crippen molar-refractivity contribution in [3.63, 3.8) is 0 Å². The lowest BCUT2D eigenvalue weighted by Crippen LogP contribution is -2.33. The number of azo groups is 2. The lowest BCUT2D eigenvalue weighted by Gasteiger charge is -2.17. The van der Waals surface area contributed by atoms with E-state index in [1.54, 1.807) is 13.8 Å². The van der Waals surface area contributed by atoms with Crippen molar-refractivity contribution in [2.45, 2.75) is 39.8 Å². The summed E-state index contributed by atoms with van der Waals surface area (Å²) in [5.74, 6) is -4.32. The fraction of sp³-hybridized carbons (Fsp3) is 0.143. The quantitative estimate of drug-likeness (QED) is 0.0630. The van der Waals surface area contributed by atoms with E-state index in [0.717, 1.165) is 13.8 Å². The second kappa shape index (κ2) is 21.7. The summed E-state index contributed by atoms with van der Waals surface area (Å²) >= 11 is 49.3. The van der Waals surface area contributed by atoms with Gasteiger partial charge in [0.15, 0.2) is 11.6 Å². The van der Waals surface area contributed by atoms with Gasteiger partial charge in [0.05, 0.1) is 64.0 Å². The molecule has 0 bridgehead atoms. The number of carbonyl (C=O) groups excluding carboxylic acids is 6. The van der Waals surface area contributed by atoms with Crippen LogP contribution in [0, 0.1) is 13.8 Å². The van der Waals surface area contributed by atoms with Gasteiger partial charge in [0.25, 0.3) is 23.6 Å². The number of nitrogens with zero attached hydrogens (tertiary/aromatic N) is 4. The second-order valence-electron chi connectivity index (χ2n) is 13.6. The zero-order valence-electron chi connectivity index (χ0n) is 33.3. The maximum atomic E-state index is 13.4. The van der Waals surface area contributed by atoms with Gasteiger partial charge in [-0.05, 0) is 112 Å². The number of benzene rings is 5. The van der Waals surface area contributed by atoms with Crippen molar-refractivity contribution in [1.29, 1.82) is 0 Å². The van der Waals surface area contributed by atoms with Crippen LogP contribution in [0.4, 0.5) is 34.1 Å². The van der Waals surface area contributed by atoms with Gasteiger partial charge in [-0.25, -0.2) is 0 Å². The van der Waals surface area contributed by atoms with Crippen LogP contribution in [0.2, 0.25) is 40.2 Å². The first-order valence-electron chi connectivity index (χ1n) is 18.2. The van der Waals surface area contributed by atoms with Crippen LogP contribution in [0.1, 0.15) is 45.7 Å². The zero-order valence-corrected chi connectivity index (χ0v) is 39.4. The number of halogens is 8. The van der Waals surface area contributed by atoms with E-state index < -0.39 is 47.3 Å². The molecule has 5 aromatic carbocycles. The van der Waals surface area contributed by atoms with Crippen molar-refractivity contribution < 1.29 is 28.8 Å². The van der Waals surface area contributed by atoms with E-state index in [1.807, 2.05) is 0 Å². The lowest BCUT2D eigenvalue weighted by atomic mass is 10.0. The molecule has 0 radical (unpaired) electrons. The number of anilines is 4. The Kier molecular flexibility index (Phi) is 16.9. The summed E-state index contributed by atoms with van der Waals surface area (Å²) in [4.78, 5) is 78.2. The molecule has 0 aliphatic rings. The van der Waals surface area contributed by atoms with Gasteiger partial charge in [0, 0.05) is 21.4 Å². The molecular weight excluding hydrogens is 996 g/mol. The third-order valence-electron chi connectivity index (χ3n) is 9.03. The Morgan fingerprint density at radius 2 is 0.781 bits per heavy atom. The van der Waals surface area contributed by atoms with Crippen LogP contribution in [0.25, 0.3) is 0 Å². The average molecular weight is 1030 g/mol. The molecule has 330 valence electrons. The predicted molar refractivity (Wildman–Crippen MR) is 253 cm³/mol. The van der Waals surface area contributed by atoms with Crippen molar-refractivity contribution in [2.24, 2.45) is 20.5 Å². The maximum absolute atomic E-state index is 13.4. The second-order valence-corrected chi connectivity index (χ2v) is 16.9. The van der Waals surface area contributed by atoms with Crippen molar-refractivity contribution in [3.8, 4) is 0 Å². The first-order valence-corrected chi connectivity index (χ1v) is 21.2. The minimum Gasteiger partial charge on any atom is -0.324 e. The number of carbonyl (C=O) groups is 6. The van der Waals surface area contributed by atoms with Gasteiger partial charge in [-0.1, -0.05) is 92.8 Å². The standard InChI is InChI=1S/C42H30Cl8N8O6/c1-17-18(2)34(52-42(64)36(20(4)60)58-56-24-6-8-28(46)26(16-24)40(62)54-38-31(49)13-22(44)14-32(38)50)10-9-33(17)51-41(63)35(19(3)59)57-55-23-5-7-27(45)25(15-23)39(61)53-37-29(47)11-21(43)12-30(37)48/h5-16,35-36H,1-4H3,(H,51,63)(H,52,64)(H,53,61)(H,54,62). The number of rotatable bonds is 14. The molecule has 14 nitrogen and oxygen atoms in total. The van der Waals surface area contributed by atoms with Crippen LogP contribution >= 0.6 is 92.8 Å². The number of ketones is 2. The zero-order chi connectivity index (χ0) is 47.2. The first-order chi connectivity index (χ1) is 30.1. The minimum absolute atomic E-state index is 0.0366. The van der Waals surface area contributed by atoms with Crippen LogP contribution in [0.5, 0.6) is 0 Å². The molecule has 0 spiro atoms. The predicted octanol–water partition coefficient (Wildman–Crippen LogP) is 13.4. The summed E-state index contributed by atoms with van der Waals surface area (Å²) in [5, 5.41) is 27.4. The lowest BCUT2D eigenvalue weighted by molar-refractivity contribution is -0.127. The number of amides is 4. The topological polar surface area (TPSA) is 200 Å². The summed E-state index contributed by atoms with van der Waals surface area (Å²) < 4.78 is 0. The number of hydrogen-bond donors (Lipinski definition) is 4. The minimum atomic E-state index is -1.60. The average Bonchev–Trinajstić information content (AvgIpc) is 3.21. The van der Waals surface area contributed by atoms with E-state index in [1.165, 1.54) is 72.8 Å². The third kappa shape index (κ3) is 12.3. The molecule has 5 aromatic rings. The van der Waals surface area contributed by atoms with Gasteiger partial charge in [-0.2, -0.15) is 20.5 Å². The summed E-state index contributed by atoms with van der Waals surface area (Å²) in [6.07, 6.45) is 0. The largest absolute Gasteiger partial charge is 0.324 e. The van der Waals surface area contributed by atoms with E-state index in [4.69, 9.17) is 92.8 Å². The maximum Gasteiger partial charge on any atom is 0.258 e. The van der Waals surface area contributed by atoms with Crippen molar-refractivity contribution >= 4 is 162 Å². The highest BCUT2D eigenvalue weighted by Gasteiger charge is 2.27. The molecule has 0 aliphatic carbocycles. The highest BCUT2D eigenvalue weighted by molar-refractivity contribution is 6.44. The van der Waals surface area contributed by atoms with Crippen LogP contribution in [-0.2, 0) is 19.2 Å². The highest BCUT2D eigenvalue weighted by atomic mass is 35.5. The molecule has 0 saturated heterocycles. The molecule has 0 aliphatic heterocycles. The Balaban J connectivity index is 1.27. The monoisotopic (exact) mass is 1020 g/mol. The highest BCUT2D eigenvalue weighted by Crippen LogP contribution is 2.36. The number of hydrogen-bond acceptors (Lipinski definition) is 10. The molecule has 2 unspecified atom stereocenters. The Labute approximate surface area is 405 Å². The molecule has 5 rings (SSSR count). The Bertz CT molecular complexity index is 2590. The number of Topliss-reactive ketones (excluding diaryl/α,β-unsaturated/α-hetero) is 2. The van der Waals surface area contributed by atoms with Gasteiger partial charge >= 0.3 is 0 Å². The van der Waals surface area contributed by atoms with Crippen LogP contribution in [0.3, 0.4) is 0 Å². The van der Waals surface area contributed by atoms with Gasteiger partial charge in [-0.3, -0.25) is 28.8 Å². The summed E-state index contributed by atoms with van der Waals surface area (Å²) in [6, 6.07) is 13.5. The molecule has 4 amide bonds. The van der Waals surface area contributed by atoms with Gasteiger partial charge in [0.2, 0.25) is 12.1 Å². The van der Waals surface area contributed by atoms with Crippen molar-refractivity contribution in [1.82, 2.24) is 0 Å². The van der Waals surface area contributed by atoms with Gasteiger partial charge in [-0.15, -0.1) is 0 Å². The molecular formula is C42H30Cl8N8O6. The Morgan fingerprint density at radius 1 is 0.453 bits per heavy atom. The molecule has 4 N–H and O–H groups in total. The SMILES string of the molecule is CC(=O)C(N=Nc1ccc(Cl)c(C(=O)Nc2c(Cl)cc(Cl)cc2Cl)c1)C(=O)Nc1ccc(NC(=O)C(N=Nc2ccc(Cl)c(C(=O)Nc3c(Cl)cc(Cl)cc3Cl)c2)C(C)=O)c(C)c1C. The summed E-state index contributed by atoms with van der Waals surface area (Å²) in [6.45, 7) is 5.62. The van der Waals surface area contributed by atoms with Crippen molar-refractivity contribution in [2.75, 3.05) is 21.3 Å². The molecule has 0 saturated carbocycles. The van der Waals surface area contributed by atoms with E-state index in [0.29, 0.717) is 11.1 Å². The van der Waals surface area contributed by atoms with Crippen LogP contribution in [0.15, 0.2) is 93.3 Å². The molecule has 22 heteroatoms. The third-order valence-corrected chi connectivity index (χ3v) is 11.3. The Hall–Kier alpha value is -5.16. The molecule has 0 fully saturated rings. The molecule has 64 heavy (non-hydrogen) atoms. The summed E-state index contributed by atoms with van der Waals surface area (Å²) in [7, 11) is 0. The molecule has 2 atom stereocenters. The summed E-state index contributed by atoms with van der Waals surface area (Å²) in [5.41, 5.74) is 1.84. The Morgan fingerprint density at radius 3 is 1.09 bits per heavy atom. The fourth-order valence-electron chi connectivity index (χ4n) is 5.56. The van der Waals surface area contributed by atoms with Gasteiger partial charge < -0.3 is 21.3 Å². The molecule has 0 heterocycles. The van der Waals surface area contributed by atoms with E-state index in [2.05, 4.69) is 41.7 Å². The molecule has 0 aromatic heterocycles.